The molecule has 1 aromatic heterocycles. The molecule has 1 aliphatic heterocycles. The van der Waals surface area contributed by atoms with E-state index in [2.05, 4.69) is 15.6 Å². The van der Waals surface area contributed by atoms with E-state index < -0.39 is 0 Å². The quantitative estimate of drug-likeness (QED) is 0.657. The Hall–Kier alpha value is -3.48. The summed E-state index contributed by atoms with van der Waals surface area (Å²) in [4.78, 5) is 27.2. The van der Waals surface area contributed by atoms with Gasteiger partial charge in [0.05, 0.1) is 18.7 Å². The van der Waals surface area contributed by atoms with E-state index in [1.165, 1.54) is 0 Å². The van der Waals surface area contributed by atoms with Crippen LogP contribution in [-0.4, -0.2) is 51.3 Å². The van der Waals surface area contributed by atoms with Gasteiger partial charge in [-0.2, -0.15) is 0 Å². The molecule has 2 amide bonds. The van der Waals surface area contributed by atoms with Gasteiger partial charge >= 0.3 is 0 Å². The lowest BCUT2D eigenvalue weighted by Gasteiger charge is -2.18. The van der Waals surface area contributed by atoms with E-state index in [1.54, 1.807) is 15.8 Å². The van der Waals surface area contributed by atoms with Crippen LogP contribution in [0.3, 0.4) is 0 Å². The van der Waals surface area contributed by atoms with E-state index in [0.717, 1.165) is 37.1 Å². The Balaban J connectivity index is 1.38. The number of likely N-dealkylation sites (tertiary alicyclic amines) is 1. The summed E-state index contributed by atoms with van der Waals surface area (Å²) in [6.07, 6.45) is 3.73. The predicted molar refractivity (Wildman–Crippen MR) is 113 cm³/mol. The van der Waals surface area contributed by atoms with Gasteiger partial charge in [-0.25, -0.2) is 4.68 Å². The van der Waals surface area contributed by atoms with Gasteiger partial charge in [0.25, 0.3) is 5.91 Å². The summed E-state index contributed by atoms with van der Waals surface area (Å²) in [5, 5.41) is 11.0. The Morgan fingerprint density at radius 1 is 0.933 bits per heavy atom. The number of carbonyl (C=O) groups is 2. The van der Waals surface area contributed by atoms with E-state index in [-0.39, 0.29) is 17.7 Å². The largest absolute Gasteiger partial charge is 0.353 e. The fourth-order valence-corrected chi connectivity index (χ4v) is 3.77. The molecular weight excluding hydrogens is 378 g/mol. The molecule has 4 rings (SSSR count). The minimum atomic E-state index is -0.379. The average Bonchev–Trinajstić information content (AvgIpc) is 3.48. The van der Waals surface area contributed by atoms with Crippen LogP contribution in [0.25, 0.3) is 0 Å². The number of carbonyl (C=O) groups excluding carboxylic acids is 2. The molecule has 2 heterocycles. The molecule has 0 unspecified atom stereocenters. The van der Waals surface area contributed by atoms with Crippen molar-refractivity contribution in [3.63, 3.8) is 0 Å². The predicted octanol–water partition coefficient (Wildman–Crippen LogP) is 2.46. The van der Waals surface area contributed by atoms with E-state index in [0.29, 0.717) is 18.8 Å². The second-order valence-corrected chi connectivity index (χ2v) is 7.41. The number of aromatic nitrogens is 3. The van der Waals surface area contributed by atoms with Crippen molar-refractivity contribution in [3.05, 3.63) is 83.7 Å². The zero-order valence-corrected chi connectivity index (χ0v) is 16.8. The smallest absolute Gasteiger partial charge is 0.276 e. The van der Waals surface area contributed by atoms with Crippen molar-refractivity contribution in [3.8, 4) is 0 Å². The van der Waals surface area contributed by atoms with Gasteiger partial charge in [0, 0.05) is 19.6 Å². The number of nitrogens with zero attached hydrogens (tertiary/aromatic N) is 4. The van der Waals surface area contributed by atoms with Crippen LogP contribution in [0.2, 0.25) is 0 Å². The van der Waals surface area contributed by atoms with Crippen LogP contribution in [0.15, 0.2) is 66.9 Å². The van der Waals surface area contributed by atoms with Crippen LogP contribution in [0, 0.1) is 0 Å². The number of rotatable bonds is 7. The van der Waals surface area contributed by atoms with Crippen molar-refractivity contribution in [2.45, 2.75) is 25.3 Å². The van der Waals surface area contributed by atoms with Crippen molar-refractivity contribution < 1.29 is 9.59 Å². The fourth-order valence-electron chi connectivity index (χ4n) is 3.77. The van der Waals surface area contributed by atoms with Crippen molar-refractivity contribution in [1.29, 1.82) is 0 Å². The lowest BCUT2D eigenvalue weighted by Crippen LogP contribution is -2.32. The van der Waals surface area contributed by atoms with Crippen LogP contribution < -0.4 is 5.32 Å². The standard InChI is InChI=1S/C23H25N5O2/c29-22(21(18-9-3-1-4-10-18)19-11-5-2-6-12-19)24-13-16-28-17-20(25-26-28)23(30)27-14-7-8-15-27/h1-6,9-12,17,21H,7-8,13-16H2,(H,24,29). The Morgan fingerprint density at radius 3 is 2.13 bits per heavy atom. The highest BCUT2D eigenvalue weighted by atomic mass is 16.2. The Labute approximate surface area is 175 Å². The Kier molecular flexibility index (Phi) is 6.17. The molecule has 2 aromatic carbocycles. The second-order valence-electron chi connectivity index (χ2n) is 7.41. The Bertz CT molecular complexity index is 942. The molecule has 3 aromatic rings. The summed E-state index contributed by atoms with van der Waals surface area (Å²) in [5.41, 5.74) is 2.25. The third-order valence-electron chi connectivity index (χ3n) is 5.32. The van der Waals surface area contributed by atoms with Gasteiger partial charge < -0.3 is 10.2 Å². The molecule has 0 bridgehead atoms. The summed E-state index contributed by atoms with van der Waals surface area (Å²) in [6, 6.07) is 19.5. The summed E-state index contributed by atoms with van der Waals surface area (Å²) >= 11 is 0. The second kappa shape index (κ2) is 9.35. The number of hydrogen-bond acceptors (Lipinski definition) is 4. The molecule has 0 aliphatic carbocycles. The average molecular weight is 403 g/mol. The highest BCUT2D eigenvalue weighted by molar-refractivity contribution is 5.92. The molecule has 0 atom stereocenters. The minimum Gasteiger partial charge on any atom is -0.353 e. The Morgan fingerprint density at radius 2 is 1.53 bits per heavy atom. The topological polar surface area (TPSA) is 80.1 Å². The van der Waals surface area contributed by atoms with E-state index in [1.807, 2.05) is 60.7 Å². The maximum absolute atomic E-state index is 13.0. The van der Waals surface area contributed by atoms with Crippen molar-refractivity contribution >= 4 is 11.8 Å². The van der Waals surface area contributed by atoms with Crippen LogP contribution in [0.4, 0.5) is 0 Å². The van der Waals surface area contributed by atoms with Gasteiger partial charge in [-0.05, 0) is 24.0 Å². The molecule has 1 fully saturated rings. The molecule has 1 aliphatic rings. The van der Waals surface area contributed by atoms with Crippen LogP contribution in [0.1, 0.15) is 40.4 Å². The van der Waals surface area contributed by atoms with Crippen LogP contribution in [0.5, 0.6) is 0 Å². The first kappa shape index (κ1) is 19.8. The highest BCUT2D eigenvalue weighted by Gasteiger charge is 2.23. The molecule has 1 saturated heterocycles. The SMILES string of the molecule is O=C(NCCn1cc(C(=O)N2CCCC2)nn1)C(c1ccccc1)c1ccccc1. The van der Waals surface area contributed by atoms with Gasteiger partial charge in [0.15, 0.2) is 5.69 Å². The monoisotopic (exact) mass is 403 g/mol. The molecule has 154 valence electrons. The van der Waals surface area contributed by atoms with E-state index in [9.17, 15) is 9.59 Å². The molecule has 30 heavy (non-hydrogen) atoms. The minimum absolute atomic E-state index is 0.0686. The highest BCUT2D eigenvalue weighted by Crippen LogP contribution is 2.24. The van der Waals surface area contributed by atoms with Gasteiger partial charge in [-0.3, -0.25) is 9.59 Å². The van der Waals surface area contributed by atoms with Crippen LogP contribution in [-0.2, 0) is 11.3 Å². The molecule has 0 spiro atoms. The molecule has 7 nitrogen and oxygen atoms in total. The number of amides is 2. The molecule has 0 radical (unpaired) electrons. The van der Waals surface area contributed by atoms with Gasteiger partial charge in [-0.1, -0.05) is 65.9 Å². The van der Waals surface area contributed by atoms with Crippen molar-refractivity contribution in [2.75, 3.05) is 19.6 Å². The third kappa shape index (κ3) is 4.56. The van der Waals surface area contributed by atoms with E-state index in [4.69, 9.17) is 0 Å². The molecular formula is C23H25N5O2. The summed E-state index contributed by atoms with van der Waals surface area (Å²) in [6.45, 7) is 2.41. The lowest BCUT2D eigenvalue weighted by molar-refractivity contribution is -0.121. The molecule has 0 saturated carbocycles. The first-order valence-electron chi connectivity index (χ1n) is 10.3. The number of benzene rings is 2. The van der Waals surface area contributed by atoms with Gasteiger partial charge in [-0.15, -0.1) is 5.10 Å². The van der Waals surface area contributed by atoms with Gasteiger partial charge in [0.1, 0.15) is 0 Å². The molecule has 1 N–H and O–H groups in total. The zero-order chi connectivity index (χ0) is 20.8. The number of hydrogen-bond donors (Lipinski definition) is 1. The summed E-state index contributed by atoms with van der Waals surface area (Å²) in [7, 11) is 0. The summed E-state index contributed by atoms with van der Waals surface area (Å²) < 4.78 is 1.60. The maximum Gasteiger partial charge on any atom is 0.276 e. The summed E-state index contributed by atoms with van der Waals surface area (Å²) in [5.74, 6) is -0.521. The lowest BCUT2D eigenvalue weighted by atomic mass is 9.90. The normalized spacial score (nSPS) is 13.6. The fraction of sp³-hybridized carbons (Fsp3) is 0.304. The first-order valence-corrected chi connectivity index (χ1v) is 10.3. The number of nitrogens with one attached hydrogen (secondary N) is 1. The first-order chi connectivity index (χ1) is 14.7. The van der Waals surface area contributed by atoms with Crippen LogP contribution >= 0.6 is 0 Å². The van der Waals surface area contributed by atoms with E-state index >= 15 is 0 Å². The zero-order valence-electron chi connectivity index (χ0n) is 16.8. The molecule has 7 heteroatoms. The maximum atomic E-state index is 13.0. The van der Waals surface area contributed by atoms with Crippen molar-refractivity contribution in [2.24, 2.45) is 0 Å². The van der Waals surface area contributed by atoms with Crippen molar-refractivity contribution in [1.82, 2.24) is 25.2 Å². The van der Waals surface area contributed by atoms with Gasteiger partial charge in [0.2, 0.25) is 5.91 Å². The third-order valence-corrected chi connectivity index (χ3v) is 5.32.